The van der Waals surface area contributed by atoms with Gasteiger partial charge < -0.3 is 9.47 Å². The van der Waals surface area contributed by atoms with Gasteiger partial charge in [-0.2, -0.15) is 0 Å². The zero-order valence-electron chi connectivity index (χ0n) is 16.3. The topological polar surface area (TPSA) is 75.9 Å². The number of aromatic nitrogens is 4. The van der Waals surface area contributed by atoms with Crippen molar-refractivity contribution in [3.05, 3.63) is 70.7 Å². The fourth-order valence-corrected chi connectivity index (χ4v) is 4.23. The number of amides is 1. The summed E-state index contributed by atoms with van der Waals surface area (Å²) in [7, 11) is 0. The molecule has 29 heavy (non-hydrogen) atoms. The number of H-pyrrole nitrogens is 1. The Balaban J connectivity index is 1.34. The van der Waals surface area contributed by atoms with Crippen LogP contribution < -0.4 is 5.56 Å². The zero-order chi connectivity index (χ0) is 19.8. The number of carbonyl (C=O) groups is 1. The quantitative estimate of drug-likeness (QED) is 0.727. The van der Waals surface area contributed by atoms with Gasteiger partial charge in [-0.15, -0.1) is 0 Å². The molecule has 150 valence electrons. The van der Waals surface area contributed by atoms with Crippen molar-refractivity contribution >= 4 is 5.91 Å². The number of hydrogen-bond donors (Lipinski definition) is 1. The van der Waals surface area contributed by atoms with E-state index < -0.39 is 0 Å². The highest BCUT2D eigenvalue weighted by Gasteiger charge is 2.30. The predicted octanol–water partition coefficient (Wildman–Crippen LogP) is 2.79. The van der Waals surface area contributed by atoms with Crippen LogP contribution in [0.4, 0.5) is 0 Å². The van der Waals surface area contributed by atoms with Crippen LogP contribution >= 0.6 is 0 Å². The Morgan fingerprint density at radius 2 is 2.00 bits per heavy atom. The SMILES string of the molecule is O=C(c1cc(=O)n(-c2ccccc2)[nH]1)N1CCC[C@H](c2nccn2CC2CC2)C1. The van der Waals surface area contributed by atoms with Crippen molar-refractivity contribution < 1.29 is 4.79 Å². The Kier molecular flexibility index (Phi) is 4.58. The molecule has 1 atom stereocenters. The summed E-state index contributed by atoms with van der Waals surface area (Å²) in [6.45, 7) is 2.38. The van der Waals surface area contributed by atoms with Gasteiger partial charge in [0, 0.05) is 44.0 Å². The molecule has 7 nitrogen and oxygen atoms in total. The molecule has 1 aromatic carbocycles. The average molecular weight is 391 g/mol. The third kappa shape index (κ3) is 3.64. The standard InChI is InChI=1S/C22H25N5O2/c28-20-13-19(24-27(20)18-6-2-1-3-7-18)22(29)26-11-4-5-17(15-26)21-23-10-12-25(21)14-16-8-9-16/h1-3,6-7,10,12-13,16-17,24H,4-5,8-9,11,14-15H2/t17-/m0/s1. The number of aromatic amines is 1. The van der Waals surface area contributed by atoms with Gasteiger partial charge in [0.1, 0.15) is 11.5 Å². The minimum absolute atomic E-state index is 0.123. The molecule has 0 spiro atoms. The lowest BCUT2D eigenvalue weighted by atomic mass is 9.96. The van der Waals surface area contributed by atoms with Gasteiger partial charge in [0.2, 0.25) is 0 Å². The number of likely N-dealkylation sites (tertiary alicyclic amines) is 1. The highest BCUT2D eigenvalue weighted by Crippen LogP contribution is 2.33. The molecule has 2 fully saturated rings. The van der Waals surface area contributed by atoms with E-state index in [4.69, 9.17) is 0 Å². The van der Waals surface area contributed by atoms with Crippen LogP contribution in [0.25, 0.3) is 5.69 Å². The molecule has 0 unspecified atom stereocenters. The van der Waals surface area contributed by atoms with Gasteiger partial charge in [0.15, 0.2) is 0 Å². The molecule has 2 aliphatic rings. The molecule has 3 aromatic rings. The van der Waals surface area contributed by atoms with Crippen molar-refractivity contribution in [2.45, 2.75) is 38.1 Å². The molecule has 7 heteroatoms. The summed E-state index contributed by atoms with van der Waals surface area (Å²) in [5, 5.41) is 2.98. The lowest BCUT2D eigenvalue weighted by Crippen LogP contribution is -2.40. The third-order valence-electron chi connectivity index (χ3n) is 5.94. The number of hydrogen-bond acceptors (Lipinski definition) is 3. The smallest absolute Gasteiger partial charge is 0.271 e. The molecule has 0 radical (unpaired) electrons. The van der Waals surface area contributed by atoms with Crippen LogP contribution in [0.2, 0.25) is 0 Å². The summed E-state index contributed by atoms with van der Waals surface area (Å²) < 4.78 is 3.68. The molecule has 2 aromatic heterocycles. The van der Waals surface area contributed by atoms with E-state index in [0.717, 1.165) is 36.8 Å². The van der Waals surface area contributed by atoms with Crippen LogP contribution in [0.1, 0.15) is 47.9 Å². The van der Waals surface area contributed by atoms with Gasteiger partial charge in [-0.1, -0.05) is 18.2 Å². The zero-order valence-corrected chi connectivity index (χ0v) is 16.3. The van der Waals surface area contributed by atoms with Gasteiger partial charge >= 0.3 is 0 Å². The van der Waals surface area contributed by atoms with Crippen molar-refractivity contribution in [2.75, 3.05) is 13.1 Å². The van der Waals surface area contributed by atoms with Crippen LogP contribution in [0.3, 0.4) is 0 Å². The van der Waals surface area contributed by atoms with Crippen LogP contribution in [0, 0.1) is 5.92 Å². The van der Waals surface area contributed by atoms with Crippen molar-refractivity contribution in [3.8, 4) is 5.69 Å². The van der Waals surface area contributed by atoms with E-state index in [0.29, 0.717) is 18.8 Å². The van der Waals surface area contributed by atoms with Crippen LogP contribution in [-0.2, 0) is 6.54 Å². The van der Waals surface area contributed by atoms with Gasteiger partial charge in [-0.25, -0.2) is 9.67 Å². The molecule has 1 N–H and O–H groups in total. The Labute approximate surface area is 169 Å². The summed E-state index contributed by atoms with van der Waals surface area (Å²) in [5.41, 5.74) is 0.823. The second-order valence-corrected chi connectivity index (χ2v) is 8.15. The number of piperidine rings is 1. The highest BCUT2D eigenvalue weighted by molar-refractivity contribution is 5.92. The highest BCUT2D eigenvalue weighted by atomic mass is 16.2. The number of benzene rings is 1. The predicted molar refractivity (Wildman–Crippen MR) is 109 cm³/mol. The number of para-hydroxylation sites is 1. The minimum Gasteiger partial charge on any atom is -0.337 e. The summed E-state index contributed by atoms with van der Waals surface area (Å²) in [6.07, 6.45) is 8.52. The first-order valence-electron chi connectivity index (χ1n) is 10.4. The van der Waals surface area contributed by atoms with E-state index in [-0.39, 0.29) is 17.4 Å². The molecular weight excluding hydrogens is 366 g/mol. The normalized spacial score (nSPS) is 19.4. The Bertz CT molecular complexity index is 1060. The van der Waals surface area contributed by atoms with Gasteiger partial charge in [-0.05, 0) is 43.7 Å². The van der Waals surface area contributed by atoms with E-state index in [1.54, 1.807) is 0 Å². The molecule has 0 bridgehead atoms. The third-order valence-corrected chi connectivity index (χ3v) is 5.94. The average Bonchev–Trinajstić information content (AvgIpc) is 3.30. The number of carbonyl (C=O) groups excluding carboxylic acids is 1. The van der Waals surface area contributed by atoms with Crippen LogP contribution in [0.5, 0.6) is 0 Å². The molecular formula is C22H25N5O2. The number of nitrogens with one attached hydrogen (secondary N) is 1. The maximum atomic E-state index is 13.1. The molecule has 1 saturated heterocycles. The fraction of sp³-hybridized carbons (Fsp3) is 0.409. The Morgan fingerprint density at radius 1 is 1.17 bits per heavy atom. The first-order chi connectivity index (χ1) is 14.2. The largest absolute Gasteiger partial charge is 0.337 e. The maximum absolute atomic E-state index is 13.1. The summed E-state index contributed by atoms with van der Waals surface area (Å²) in [4.78, 5) is 31.9. The molecule has 3 heterocycles. The van der Waals surface area contributed by atoms with Crippen molar-refractivity contribution in [1.82, 2.24) is 24.2 Å². The number of rotatable bonds is 5. The maximum Gasteiger partial charge on any atom is 0.271 e. The fourth-order valence-electron chi connectivity index (χ4n) is 4.23. The Morgan fingerprint density at radius 3 is 2.79 bits per heavy atom. The molecule has 5 rings (SSSR count). The molecule has 1 saturated carbocycles. The van der Waals surface area contributed by atoms with Gasteiger partial charge in [0.05, 0.1) is 5.69 Å². The molecule has 1 aliphatic carbocycles. The van der Waals surface area contributed by atoms with Crippen molar-refractivity contribution in [1.29, 1.82) is 0 Å². The summed E-state index contributed by atoms with van der Waals surface area (Å²) in [5.74, 6) is 1.99. The second kappa shape index (κ2) is 7.39. The number of imidazole rings is 1. The first kappa shape index (κ1) is 18.0. The first-order valence-corrected chi connectivity index (χ1v) is 10.4. The van der Waals surface area contributed by atoms with Crippen molar-refractivity contribution in [2.24, 2.45) is 5.92 Å². The van der Waals surface area contributed by atoms with E-state index >= 15 is 0 Å². The van der Waals surface area contributed by atoms with E-state index in [1.165, 1.54) is 23.6 Å². The number of nitrogens with zero attached hydrogens (tertiary/aromatic N) is 4. The second-order valence-electron chi connectivity index (χ2n) is 8.15. The lowest BCUT2D eigenvalue weighted by molar-refractivity contribution is 0.0696. The molecule has 1 aliphatic heterocycles. The Hall–Kier alpha value is -3.09. The molecule has 1 amide bonds. The van der Waals surface area contributed by atoms with Crippen LogP contribution in [0.15, 0.2) is 53.6 Å². The van der Waals surface area contributed by atoms with Gasteiger partial charge in [-0.3, -0.25) is 14.7 Å². The van der Waals surface area contributed by atoms with E-state index in [9.17, 15) is 9.59 Å². The van der Waals surface area contributed by atoms with Crippen LogP contribution in [-0.4, -0.2) is 43.2 Å². The summed E-state index contributed by atoms with van der Waals surface area (Å²) in [6, 6.07) is 10.7. The van der Waals surface area contributed by atoms with Gasteiger partial charge in [0.25, 0.3) is 11.5 Å². The van der Waals surface area contributed by atoms with E-state index in [1.807, 2.05) is 41.4 Å². The van der Waals surface area contributed by atoms with E-state index in [2.05, 4.69) is 20.8 Å². The lowest BCUT2D eigenvalue weighted by Gasteiger charge is -2.32. The monoisotopic (exact) mass is 391 g/mol. The summed E-state index contributed by atoms with van der Waals surface area (Å²) >= 11 is 0. The van der Waals surface area contributed by atoms with Crippen molar-refractivity contribution in [3.63, 3.8) is 0 Å². The minimum atomic E-state index is -0.229.